The van der Waals surface area contributed by atoms with Crippen molar-refractivity contribution in [3.8, 4) is 0 Å². The van der Waals surface area contributed by atoms with Crippen molar-refractivity contribution in [2.75, 3.05) is 5.32 Å². The van der Waals surface area contributed by atoms with Gasteiger partial charge >= 0.3 is 0 Å². The Morgan fingerprint density at radius 3 is 3.11 bits per heavy atom. The van der Waals surface area contributed by atoms with Gasteiger partial charge in [0, 0.05) is 12.5 Å². The number of rotatable bonds is 4. The molecule has 96 valence electrons. The number of fused-ring (bicyclic) bond motifs is 1. The SMILES string of the molecule is CCC(N)CC(=O)Nc1nc(Cl)c2[nH]cnc2n1. The summed E-state index contributed by atoms with van der Waals surface area (Å²) in [5.74, 6) is -0.108. The van der Waals surface area contributed by atoms with Gasteiger partial charge in [-0.2, -0.15) is 9.97 Å². The number of anilines is 1. The minimum absolute atomic E-state index is 0.132. The molecular weight excluding hydrogens is 256 g/mol. The number of nitrogens with two attached hydrogens (primary N) is 1. The van der Waals surface area contributed by atoms with Gasteiger partial charge < -0.3 is 10.7 Å². The highest BCUT2D eigenvalue weighted by Crippen LogP contribution is 2.18. The summed E-state index contributed by atoms with van der Waals surface area (Å²) < 4.78 is 0. The highest BCUT2D eigenvalue weighted by Gasteiger charge is 2.12. The lowest BCUT2D eigenvalue weighted by Crippen LogP contribution is -2.26. The topological polar surface area (TPSA) is 110 Å². The van der Waals surface area contributed by atoms with E-state index >= 15 is 0 Å². The summed E-state index contributed by atoms with van der Waals surface area (Å²) in [5.41, 5.74) is 6.64. The Morgan fingerprint density at radius 2 is 2.39 bits per heavy atom. The number of aromatic amines is 1. The van der Waals surface area contributed by atoms with Crippen molar-refractivity contribution in [1.29, 1.82) is 0 Å². The van der Waals surface area contributed by atoms with E-state index in [0.717, 1.165) is 6.42 Å². The maximum Gasteiger partial charge on any atom is 0.233 e. The van der Waals surface area contributed by atoms with E-state index in [2.05, 4.69) is 25.3 Å². The maximum absolute atomic E-state index is 11.6. The van der Waals surface area contributed by atoms with E-state index in [4.69, 9.17) is 17.3 Å². The zero-order chi connectivity index (χ0) is 13.1. The number of H-pyrrole nitrogens is 1. The van der Waals surface area contributed by atoms with E-state index in [9.17, 15) is 4.79 Å². The Labute approximate surface area is 108 Å². The summed E-state index contributed by atoms with van der Waals surface area (Å²) >= 11 is 5.92. The van der Waals surface area contributed by atoms with E-state index < -0.39 is 0 Å². The Hall–Kier alpha value is -1.73. The van der Waals surface area contributed by atoms with E-state index in [1.54, 1.807) is 0 Å². The summed E-state index contributed by atoms with van der Waals surface area (Å²) in [5, 5.41) is 2.77. The monoisotopic (exact) mass is 268 g/mol. The van der Waals surface area contributed by atoms with E-state index in [0.29, 0.717) is 11.2 Å². The molecule has 1 atom stereocenters. The maximum atomic E-state index is 11.6. The molecule has 0 aromatic carbocycles. The molecule has 0 spiro atoms. The lowest BCUT2D eigenvalue weighted by molar-refractivity contribution is -0.116. The highest BCUT2D eigenvalue weighted by atomic mass is 35.5. The van der Waals surface area contributed by atoms with E-state index in [-0.39, 0.29) is 29.5 Å². The van der Waals surface area contributed by atoms with Crippen LogP contribution >= 0.6 is 11.6 Å². The van der Waals surface area contributed by atoms with Gasteiger partial charge in [0.05, 0.1) is 6.33 Å². The molecule has 7 nitrogen and oxygen atoms in total. The second kappa shape index (κ2) is 5.28. The van der Waals surface area contributed by atoms with Crippen molar-refractivity contribution in [3.05, 3.63) is 11.5 Å². The van der Waals surface area contributed by atoms with Crippen molar-refractivity contribution < 1.29 is 4.79 Å². The Kier molecular flexibility index (Phi) is 3.73. The van der Waals surface area contributed by atoms with Gasteiger partial charge in [0.25, 0.3) is 0 Å². The van der Waals surface area contributed by atoms with Gasteiger partial charge in [-0.25, -0.2) is 4.98 Å². The third kappa shape index (κ3) is 2.74. The molecule has 0 aliphatic heterocycles. The number of carbonyl (C=O) groups excluding carboxylic acids is 1. The van der Waals surface area contributed by atoms with Crippen LogP contribution in [0.1, 0.15) is 19.8 Å². The first-order valence-electron chi connectivity index (χ1n) is 5.52. The summed E-state index contributed by atoms with van der Waals surface area (Å²) in [6.07, 6.45) is 2.41. The predicted octanol–water partition coefficient (Wildman–Crippen LogP) is 1.07. The molecule has 1 amide bonds. The van der Waals surface area contributed by atoms with Gasteiger partial charge in [-0.1, -0.05) is 18.5 Å². The van der Waals surface area contributed by atoms with Gasteiger partial charge in [0.1, 0.15) is 5.52 Å². The largest absolute Gasteiger partial charge is 0.341 e. The summed E-state index contributed by atoms with van der Waals surface area (Å²) in [4.78, 5) is 26.4. The smallest absolute Gasteiger partial charge is 0.233 e. The van der Waals surface area contributed by atoms with Crippen molar-refractivity contribution in [3.63, 3.8) is 0 Å². The minimum atomic E-state index is -0.240. The third-order valence-electron chi connectivity index (χ3n) is 2.46. The van der Waals surface area contributed by atoms with E-state index in [1.807, 2.05) is 6.92 Å². The standard InChI is InChI=1S/C10H13ClN6O/c1-2-5(12)3-6(18)15-10-16-8(11)7-9(17-10)14-4-13-7/h4-5H,2-3,12H2,1H3,(H2,13,14,15,16,17,18). The van der Waals surface area contributed by atoms with Crippen LogP contribution in [0.3, 0.4) is 0 Å². The normalized spacial score (nSPS) is 12.6. The number of amides is 1. The molecule has 8 heteroatoms. The zero-order valence-electron chi connectivity index (χ0n) is 9.77. The fourth-order valence-electron chi connectivity index (χ4n) is 1.41. The molecule has 4 N–H and O–H groups in total. The fraction of sp³-hybridized carbons (Fsp3) is 0.400. The van der Waals surface area contributed by atoms with Crippen LogP contribution < -0.4 is 11.1 Å². The van der Waals surface area contributed by atoms with Crippen LogP contribution in [-0.4, -0.2) is 31.9 Å². The fourth-order valence-corrected chi connectivity index (χ4v) is 1.63. The van der Waals surface area contributed by atoms with Crippen LogP contribution in [0.15, 0.2) is 6.33 Å². The van der Waals surface area contributed by atoms with Gasteiger partial charge in [0.15, 0.2) is 10.8 Å². The highest BCUT2D eigenvalue weighted by molar-refractivity contribution is 6.33. The Bertz CT molecular complexity index is 568. The van der Waals surface area contributed by atoms with Crippen LogP contribution in [-0.2, 0) is 4.79 Å². The molecule has 0 aliphatic rings. The van der Waals surface area contributed by atoms with Gasteiger partial charge in [-0.15, -0.1) is 0 Å². The average Bonchev–Trinajstić information content (AvgIpc) is 2.77. The number of imidazole rings is 1. The lowest BCUT2D eigenvalue weighted by Gasteiger charge is -2.08. The second-order valence-electron chi connectivity index (χ2n) is 3.86. The van der Waals surface area contributed by atoms with Crippen LogP contribution in [0.4, 0.5) is 5.95 Å². The summed E-state index contributed by atoms with van der Waals surface area (Å²) in [6, 6.07) is -0.172. The molecule has 0 saturated carbocycles. The zero-order valence-corrected chi connectivity index (χ0v) is 10.5. The van der Waals surface area contributed by atoms with Crippen LogP contribution in [0.5, 0.6) is 0 Å². The molecule has 2 heterocycles. The molecule has 2 rings (SSSR count). The Morgan fingerprint density at radius 1 is 1.61 bits per heavy atom. The molecule has 18 heavy (non-hydrogen) atoms. The first-order chi connectivity index (χ1) is 8.60. The van der Waals surface area contributed by atoms with Crippen LogP contribution in [0.25, 0.3) is 11.2 Å². The van der Waals surface area contributed by atoms with Crippen molar-refractivity contribution >= 4 is 34.6 Å². The lowest BCUT2D eigenvalue weighted by atomic mass is 10.1. The molecule has 0 radical (unpaired) electrons. The minimum Gasteiger partial charge on any atom is -0.341 e. The van der Waals surface area contributed by atoms with Crippen molar-refractivity contribution in [2.45, 2.75) is 25.8 Å². The van der Waals surface area contributed by atoms with Gasteiger partial charge in [-0.3, -0.25) is 10.1 Å². The molecule has 2 aromatic rings. The van der Waals surface area contributed by atoms with Gasteiger partial charge in [0.2, 0.25) is 11.9 Å². The summed E-state index contributed by atoms with van der Waals surface area (Å²) in [7, 11) is 0. The van der Waals surface area contributed by atoms with Crippen molar-refractivity contribution in [2.24, 2.45) is 5.73 Å². The van der Waals surface area contributed by atoms with Crippen LogP contribution in [0, 0.1) is 0 Å². The van der Waals surface area contributed by atoms with Crippen molar-refractivity contribution in [1.82, 2.24) is 19.9 Å². The quantitative estimate of drug-likeness (QED) is 0.719. The first kappa shape index (κ1) is 12.7. The number of hydrogen-bond donors (Lipinski definition) is 3. The molecule has 0 bridgehead atoms. The third-order valence-corrected chi connectivity index (χ3v) is 2.74. The number of nitrogens with one attached hydrogen (secondary N) is 2. The predicted molar refractivity (Wildman–Crippen MR) is 68.2 cm³/mol. The number of hydrogen-bond acceptors (Lipinski definition) is 5. The molecular formula is C10H13ClN6O. The van der Waals surface area contributed by atoms with Crippen LogP contribution in [0.2, 0.25) is 5.15 Å². The molecule has 1 unspecified atom stereocenters. The number of halogens is 1. The summed E-state index contributed by atoms with van der Waals surface area (Å²) in [6.45, 7) is 1.92. The molecule has 0 saturated heterocycles. The van der Waals surface area contributed by atoms with Gasteiger partial charge in [-0.05, 0) is 6.42 Å². The molecule has 0 fully saturated rings. The first-order valence-corrected chi connectivity index (χ1v) is 5.90. The molecule has 0 aliphatic carbocycles. The number of carbonyl (C=O) groups is 1. The second-order valence-corrected chi connectivity index (χ2v) is 4.22. The van der Waals surface area contributed by atoms with E-state index in [1.165, 1.54) is 6.33 Å². The average molecular weight is 269 g/mol. The molecule has 2 aromatic heterocycles. The Balaban J connectivity index is 2.14. The number of aromatic nitrogens is 4. The number of nitrogens with zero attached hydrogens (tertiary/aromatic N) is 3.